The van der Waals surface area contributed by atoms with Gasteiger partial charge in [0.2, 0.25) is 5.78 Å². The Labute approximate surface area is 130 Å². The first kappa shape index (κ1) is 13.8. The van der Waals surface area contributed by atoms with Gasteiger partial charge >= 0.3 is 0 Å². The van der Waals surface area contributed by atoms with Crippen molar-refractivity contribution in [1.29, 1.82) is 0 Å². The second-order valence-electron chi connectivity index (χ2n) is 4.67. The summed E-state index contributed by atoms with van der Waals surface area (Å²) in [7, 11) is 0. The molecule has 3 heterocycles. The van der Waals surface area contributed by atoms with Crippen LogP contribution in [0.4, 0.5) is 0 Å². The van der Waals surface area contributed by atoms with Gasteiger partial charge in [-0.05, 0) is 43.3 Å². The summed E-state index contributed by atoms with van der Waals surface area (Å²) < 4.78 is 0. The number of aromatic nitrogens is 3. The van der Waals surface area contributed by atoms with Gasteiger partial charge in [0.15, 0.2) is 0 Å². The first-order valence-corrected chi connectivity index (χ1v) is 7.40. The Morgan fingerprint density at radius 3 is 2.71 bits per heavy atom. The molecule has 0 aliphatic carbocycles. The van der Waals surface area contributed by atoms with Gasteiger partial charge in [-0.1, -0.05) is 22.0 Å². The first-order chi connectivity index (χ1) is 10.1. The Kier molecular flexibility index (Phi) is 3.75. The topological polar surface area (TPSA) is 55.7 Å². The number of carbonyl (C=O) groups is 1. The number of fused-ring (bicyclic) bond motifs is 1. The van der Waals surface area contributed by atoms with Crippen molar-refractivity contribution >= 4 is 32.7 Å². The maximum Gasteiger partial charge on any atom is 0.200 e. The van der Waals surface area contributed by atoms with Crippen molar-refractivity contribution < 1.29 is 4.79 Å². The molecule has 104 valence electrons. The van der Waals surface area contributed by atoms with Crippen LogP contribution in [-0.4, -0.2) is 20.7 Å². The van der Waals surface area contributed by atoms with Gasteiger partial charge < -0.3 is 0 Å². The fourth-order valence-electron chi connectivity index (χ4n) is 2.06. The van der Waals surface area contributed by atoms with E-state index in [9.17, 15) is 4.79 Å². The third-order valence-corrected chi connectivity index (χ3v) is 3.99. The number of nitrogens with zero attached hydrogens (tertiary/aromatic N) is 3. The molecule has 3 aromatic heterocycles. The van der Waals surface area contributed by atoms with Crippen LogP contribution in [0.15, 0.2) is 48.7 Å². The molecule has 0 N–H and O–H groups in total. The fraction of sp³-hybridized carbons (Fsp3) is 0.125. The van der Waals surface area contributed by atoms with Gasteiger partial charge in [-0.2, -0.15) is 0 Å². The molecule has 5 heteroatoms. The summed E-state index contributed by atoms with van der Waals surface area (Å²) in [5.74, 6) is -0.102. The van der Waals surface area contributed by atoms with E-state index >= 15 is 0 Å². The number of rotatable bonds is 3. The number of hydrogen-bond acceptors (Lipinski definition) is 4. The Hall–Kier alpha value is -2.14. The van der Waals surface area contributed by atoms with Crippen molar-refractivity contribution in [3.8, 4) is 0 Å². The van der Waals surface area contributed by atoms with Crippen molar-refractivity contribution in [1.82, 2.24) is 15.0 Å². The van der Waals surface area contributed by atoms with Crippen molar-refractivity contribution in [3.63, 3.8) is 0 Å². The number of pyridine rings is 3. The van der Waals surface area contributed by atoms with Crippen LogP contribution in [-0.2, 0) is 0 Å². The highest BCUT2D eigenvalue weighted by molar-refractivity contribution is 9.09. The average Bonchev–Trinajstić information content (AvgIpc) is 2.53. The average molecular weight is 342 g/mol. The minimum Gasteiger partial charge on any atom is -0.291 e. The van der Waals surface area contributed by atoms with Gasteiger partial charge in [0.25, 0.3) is 0 Å². The summed E-state index contributed by atoms with van der Waals surface area (Å²) in [6.45, 7) is 1.86. The molecule has 0 bridgehead atoms. The summed E-state index contributed by atoms with van der Waals surface area (Å²) in [5.41, 5.74) is 3.48. The maximum atomic E-state index is 12.5. The summed E-state index contributed by atoms with van der Waals surface area (Å²) >= 11 is 3.43. The predicted octanol–water partition coefficient (Wildman–Crippen LogP) is 3.65. The lowest BCUT2D eigenvalue weighted by Gasteiger charge is -2.09. The van der Waals surface area contributed by atoms with E-state index in [0.29, 0.717) is 11.4 Å². The molecule has 1 unspecified atom stereocenters. The molecule has 0 saturated heterocycles. The van der Waals surface area contributed by atoms with Crippen LogP contribution in [0.3, 0.4) is 0 Å². The lowest BCUT2D eigenvalue weighted by atomic mass is 10.1. The maximum absolute atomic E-state index is 12.5. The molecule has 21 heavy (non-hydrogen) atoms. The zero-order valence-electron chi connectivity index (χ0n) is 11.3. The largest absolute Gasteiger partial charge is 0.291 e. The minimum absolute atomic E-state index is 0.102. The lowest BCUT2D eigenvalue weighted by molar-refractivity contribution is 0.0985. The van der Waals surface area contributed by atoms with Crippen LogP contribution in [0.2, 0.25) is 0 Å². The van der Waals surface area contributed by atoms with Crippen LogP contribution >= 0.6 is 15.9 Å². The van der Waals surface area contributed by atoms with E-state index in [-0.39, 0.29) is 5.78 Å². The van der Waals surface area contributed by atoms with Gasteiger partial charge in [0.05, 0.1) is 16.7 Å². The number of Topliss-reactive ketones (excluding diaryl/α,β-unsaturated/α-hetero) is 1. The molecule has 0 saturated carbocycles. The summed E-state index contributed by atoms with van der Waals surface area (Å²) in [6.07, 6.45) is 1.72. The highest BCUT2D eigenvalue weighted by atomic mass is 79.9. The molecule has 4 nitrogen and oxygen atoms in total. The van der Waals surface area contributed by atoms with E-state index in [2.05, 4.69) is 30.9 Å². The Morgan fingerprint density at radius 1 is 1.05 bits per heavy atom. The van der Waals surface area contributed by atoms with Crippen LogP contribution in [0, 0.1) is 6.92 Å². The first-order valence-electron chi connectivity index (χ1n) is 6.49. The monoisotopic (exact) mass is 341 g/mol. The predicted molar refractivity (Wildman–Crippen MR) is 84.5 cm³/mol. The highest BCUT2D eigenvalue weighted by Gasteiger charge is 2.21. The van der Waals surface area contributed by atoms with Crippen LogP contribution in [0.5, 0.6) is 0 Å². The molecule has 0 fully saturated rings. The summed E-state index contributed by atoms with van der Waals surface area (Å²) in [4.78, 5) is 24.9. The number of hydrogen-bond donors (Lipinski definition) is 0. The van der Waals surface area contributed by atoms with Gasteiger partial charge in [-0.25, -0.2) is 9.97 Å². The molecule has 0 spiro atoms. The van der Waals surface area contributed by atoms with E-state index in [1.54, 1.807) is 12.3 Å². The number of alkyl halides is 1. The smallest absolute Gasteiger partial charge is 0.200 e. The number of ketones is 1. The van der Waals surface area contributed by atoms with E-state index in [4.69, 9.17) is 0 Å². The third kappa shape index (κ3) is 2.83. The molecule has 3 aromatic rings. The summed E-state index contributed by atoms with van der Waals surface area (Å²) in [6, 6.07) is 12.8. The van der Waals surface area contributed by atoms with Gasteiger partial charge in [-0.15, -0.1) is 0 Å². The van der Waals surface area contributed by atoms with Crippen LogP contribution < -0.4 is 0 Å². The number of aryl methyl sites for hydroxylation is 1. The Bertz CT molecular complexity index is 819. The fourth-order valence-corrected chi connectivity index (χ4v) is 2.55. The lowest BCUT2D eigenvalue weighted by Crippen LogP contribution is -2.11. The molecule has 3 rings (SSSR count). The van der Waals surface area contributed by atoms with Crippen LogP contribution in [0.25, 0.3) is 11.0 Å². The normalized spacial score (nSPS) is 12.3. The van der Waals surface area contributed by atoms with Crippen molar-refractivity contribution in [2.45, 2.75) is 11.8 Å². The highest BCUT2D eigenvalue weighted by Crippen LogP contribution is 2.26. The zero-order chi connectivity index (χ0) is 14.8. The third-order valence-electron chi connectivity index (χ3n) is 3.11. The molecule has 0 radical (unpaired) electrons. The molecular weight excluding hydrogens is 330 g/mol. The number of halogens is 1. The molecule has 0 aromatic carbocycles. The molecule has 0 aliphatic heterocycles. The molecular formula is C16H12BrN3O. The summed E-state index contributed by atoms with van der Waals surface area (Å²) in [5, 5.41) is 0. The zero-order valence-corrected chi connectivity index (χ0v) is 12.9. The van der Waals surface area contributed by atoms with Gasteiger partial charge in [-0.3, -0.25) is 9.78 Å². The van der Waals surface area contributed by atoms with Crippen LogP contribution in [0.1, 0.15) is 26.7 Å². The molecule has 0 amide bonds. The Morgan fingerprint density at radius 2 is 1.90 bits per heavy atom. The van der Waals surface area contributed by atoms with Gasteiger partial charge in [0, 0.05) is 11.9 Å². The number of carbonyl (C=O) groups excluding carboxylic acids is 1. The van der Waals surface area contributed by atoms with E-state index in [1.807, 2.05) is 43.3 Å². The van der Waals surface area contributed by atoms with E-state index in [1.165, 1.54) is 0 Å². The second kappa shape index (κ2) is 5.69. The quantitative estimate of drug-likeness (QED) is 0.539. The van der Waals surface area contributed by atoms with E-state index in [0.717, 1.165) is 16.7 Å². The minimum atomic E-state index is -0.517. The standard InChI is InChI=1S/C16H12BrN3O/c1-10-4-2-5-14(19-10)16(21)15(17)13-8-7-11-12(20-13)6-3-9-18-11/h2-9,15H,1H3. The SMILES string of the molecule is Cc1cccc(C(=O)C(Br)c2ccc3ncccc3n2)n1. The van der Waals surface area contributed by atoms with Crippen molar-refractivity contribution in [3.05, 3.63) is 65.7 Å². The van der Waals surface area contributed by atoms with E-state index < -0.39 is 4.83 Å². The van der Waals surface area contributed by atoms with Crippen molar-refractivity contribution in [2.75, 3.05) is 0 Å². The van der Waals surface area contributed by atoms with Gasteiger partial charge in [0.1, 0.15) is 10.5 Å². The molecule has 1 atom stereocenters. The Balaban J connectivity index is 1.96. The second-order valence-corrected chi connectivity index (χ2v) is 5.58. The van der Waals surface area contributed by atoms with Crippen molar-refractivity contribution in [2.24, 2.45) is 0 Å². The molecule has 0 aliphatic rings.